The van der Waals surface area contributed by atoms with E-state index in [2.05, 4.69) is 5.32 Å². The summed E-state index contributed by atoms with van der Waals surface area (Å²) in [5.74, 6) is -5.95. The van der Waals surface area contributed by atoms with Crippen LogP contribution >= 0.6 is 0 Å². The monoisotopic (exact) mass is 447 g/mol. The number of allylic oxidation sites excluding steroid dienone is 1. The third-order valence-electron chi connectivity index (χ3n) is 5.98. The summed E-state index contributed by atoms with van der Waals surface area (Å²) in [6.07, 6.45) is 4.97. The third-order valence-corrected chi connectivity index (χ3v) is 5.98. The van der Waals surface area contributed by atoms with Crippen LogP contribution in [-0.4, -0.2) is 39.0 Å². The van der Waals surface area contributed by atoms with Crippen LogP contribution in [0.5, 0.6) is 5.75 Å². The van der Waals surface area contributed by atoms with Gasteiger partial charge in [-0.05, 0) is 12.8 Å². The molecular formula is C22H20F3N3O4. The molecule has 4 rings (SSSR count). The largest absolute Gasteiger partial charge is 0.503 e. The molecule has 7 nitrogen and oxygen atoms in total. The summed E-state index contributed by atoms with van der Waals surface area (Å²) in [7, 11) is 0. The molecule has 168 valence electrons. The lowest BCUT2D eigenvalue weighted by Crippen LogP contribution is -2.48. The fourth-order valence-electron chi connectivity index (χ4n) is 4.11. The van der Waals surface area contributed by atoms with Gasteiger partial charge in [0.25, 0.3) is 11.8 Å². The summed E-state index contributed by atoms with van der Waals surface area (Å²) in [5.41, 5.74) is -2.34. The second-order valence-corrected chi connectivity index (χ2v) is 8.02. The van der Waals surface area contributed by atoms with Gasteiger partial charge in [-0.1, -0.05) is 19.1 Å². The third kappa shape index (κ3) is 3.45. The molecule has 2 aliphatic rings. The molecule has 3 atom stereocenters. The van der Waals surface area contributed by atoms with Crippen LogP contribution in [0.1, 0.15) is 46.3 Å². The number of carbonyl (C=O) groups excluding carboxylic acids is 2. The Hall–Kier alpha value is -3.56. The van der Waals surface area contributed by atoms with Crippen molar-refractivity contribution in [3.8, 4) is 5.75 Å². The summed E-state index contributed by atoms with van der Waals surface area (Å²) in [6, 6.07) is 0.378. The van der Waals surface area contributed by atoms with Crippen molar-refractivity contribution in [3.63, 3.8) is 0 Å². The summed E-state index contributed by atoms with van der Waals surface area (Å²) in [4.78, 5) is 39.8. The lowest BCUT2D eigenvalue weighted by atomic mass is 9.98. The summed E-state index contributed by atoms with van der Waals surface area (Å²) < 4.78 is 42.2. The zero-order valence-electron chi connectivity index (χ0n) is 17.2. The van der Waals surface area contributed by atoms with Gasteiger partial charge in [-0.3, -0.25) is 14.4 Å². The number of pyridine rings is 1. The normalized spacial score (nSPS) is 21.8. The molecular weight excluding hydrogens is 427 g/mol. The molecule has 2 aliphatic heterocycles. The van der Waals surface area contributed by atoms with E-state index in [9.17, 15) is 32.7 Å². The van der Waals surface area contributed by atoms with E-state index in [1.54, 1.807) is 4.90 Å². The van der Waals surface area contributed by atoms with Crippen LogP contribution in [0.3, 0.4) is 0 Å². The Morgan fingerprint density at radius 2 is 1.81 bits per heavy atom. The Bertz CT molecular complexity index is 1200. The molecule has 0 aliphatic carbocycles. The first kappa shape index (κ1) is 21.7. The Balaban J connectivity index is 1.71. The van der Waals surface area contributed by atoms with Gasteiger partial charge < -0.3 is 19.9 Å². The van der Waals surface area contributed by atoms with Gasteiger partial charge in [-0.15, -0.1) is 0 Å². The number of hydrogen-bond donors (Lipinski definition) is 2. The molecule has 0 fully saturated rings. The SMILES string of the molecule is CC1C=CC(C)N2CC1n1cc(C(=O)NCc3c(F)cc(F)cc3F)c(=O)c(O)c1C2=O. The van der Waals surface area contributed by atoms with E-state index in [4.69, 9.17) is 0 Å². The van der Waals surface area contributed by atoms with Crippen LogP contribution in [-0.2, 0) is 6.54 Å². The maximum Gasteiger partial charge on any atom is 0.275 e. The highest BCUT2D eigenvalue weighted by Crippen LogP contribution is 2.34. The standard InChI is InChI=1S/C22H20F3N3O4/c1-10-3-4-11(2)27-9-17(10)28-8-14(19(29)20(30)18(28)22(27)32)21(31)26-7-13-15(24)5-12(23)6-16(13)25/h3-6,8,10-11,17,30H,7,9H2,1-2H3,(H,26,31). The van der Waals surface area contributed by atoms with E-state index in [0.717, 1.165) is 0 Å². The van der Waals surface area contributed by atoms with E-state index in [-0.39, 0.29) is 23.7 Å². The van der Waals surface area contributed by atoms with Crippen molar-refractivity contribution in [2.45, 2.75) is 32.5 Å². The summed E-state index contributed by atoms with van der Waals surface area (Å²) in [6.45, 7) is 3.40. The first-order chi connectivity index (χ1) is 15.1. The minimum atomic E-state index is -1.19. The molecule has 32 heavy (non-hydrogen) atoms. The van der Waals surface area contributed by atoms with E-state index in [0.29, 0.717) is 18.7 Å². The van der Waals surface area contributed by atoms with Gasteiger partial charge in [0.05, 0.1) is 6.04 Å². The maximum absolute atomic E-state index is 13.8. The molecule has 2 amide bonds. The fourth-order valence-corrected chi connectivity index (χ4v) is 4.11. The first-order valence-electron chi connectivity index (χ1n) is 9.99. The maximum atomic E-state index is 13.8. The number of nitrogens with zero attached hydrogens (tertiary/aromatic N) is 2. The number of rotatable bonds is 3. The second kappa shape index (κ2) is 7.85. The molecule has 1 aromatic carbocycles. The van der Waals surface area contributed by atoms with Gasteiger partial charge in [-0.25, -0.2) is 13.2 Å². The minimum absolute atomic E-state index is 0.0745. The average Bonchev–Trinajstić information content (AvgIpc) is 2.85. The number of amides is 2. The quantitative estimate of drug-likeness (QED) is 0.708. The first-order valence-corrected chi connectivity index (χ1v) is 9.99. The molecule has 0 saturated carbocycles. The van der Waals surface area contributed by atoms with Gasteiger partial charge in [-0.2, -0.15) is 0 Å². The van der Waals surface area contributed by atoms with E-state index in [1.807, 2.05) is 26.0 Å². The summed E-state index contributed by atoms with van der Waals surface area (Å²) in [5, 5.41) is 12.7. The Kier molecular flexibility index (Phi) is 5.31. The minimum Gasteiger partial charge on any atom is -0.503 e. The van der Waals surface area contributed by atoms with Gasteiger partial charge in [0.2, 0.25) is 5.43 Å². The van der Waals surface area contributed by atoms with Crippen LogP contribution in [0, 0.1) is 23.4 Å². The Morgan fingerprint density at radius 1 is 1.16 bits per heavy atom. The van der Waals surface area contributed by atoms with Crippen molar-refractivity contribution >= 4 is 11.8 Å². The van der Waals surface area contributed by atoms with Crippen LogP contribution in [0.4, 0.5) is 13.2 Å². The van der Waals surface area contributed by atoms with E-state index < -0.39 is 58.1 Å². The molecule has 0 spiro atoms. The number of aromatic nitrogens is 1. The predicted molar refractivity (Wildman–Crippen MR) is 108 cm³/mol. The van der Waals surface area contributed by atoms with Gasteiger partial charge in [0.1, 0.15) is 23.0 Å². The van der Waals surface area contributed by atoms with Crippen LogP contribution < -0.4 is 10.7 Å². The smallest absolute Gasteiger partial charge is 0.275 e. The van der Waals surface area contributed by atoms with Crippen molar-refractivity contribution < 1.29 is 27.9 Å². The molecule has 1 aromatic heterocycles. The molecule has 2 N–H and O–H groups in total. The van der Waals surface area contributed by atoms with Gasteiger partial charge in [0.15, 0.2) is 11.4 Å². The van der Waals surface area contributed by atoms with E-state index >= 15 is 0 Å². The number of halogens is 3. The van der Waals surface area contributed by atoms with Crippen LogP contribution in [0.15, 0.2) is 35.3 Å². The Morgan fingerprint density at radius 3 is 2.47 bits per heavy atom. The molecule has 3 unspecified atom stereocenters. The predicted octanol–water partition coefficient (Wildman–Crippen LogP) is 2.49. The molecule has 3 heterocycles. The number of aromatic hydroxyl groups is 1. The fraction of sp³-hybridized carbons (Fsp3) is 0.318. The van der Waals surface area contributed by atoms with Crippen molar-refractivity contribution in [1.29, 1.82) is 0 Å². The number of nitrogens with one attached hydrogen (secondary N) is 1. The number of carbonyl (C=O) groups is 2. The average molecular weight is 447 g/mol. The zero-order valence-corrected chi connectivity index (χ0v) is 17.2. The lowest BCUT2D eigenvalue weighted by molar-refractivity contribution is 0.0612. The molecule has 2 aromatic rings. The molecule has 2 bridgehead atoms. The van der Waals surface area contributed by atoms with Crippen molar-refractivity contribution in [2.24, 2.45) is 5.92 Å². The van der Waals surface area contributed by atoms with Gasteiger partial charge >= 0.3 is 0 Å². The lowest BCUT2D eigenvalue weighted by Gasteiger charge is -2.38. The second-order valence-electron chi connectivity index (χ2n) is 8.02. The topological polar surface area (TPSA) is 91.6 Å². The van der Waals surface area contributed by atoms with Crippen molar-refractivity contribution in [1.82, 2.24) is 14.8 Å². The number of hydrogen-bond acceptors (Lipinski definition) is 4. The highest BCUT2D eigenvalue weighted by Gasteiger charge is 2.39. The van der Waals surface area contributed by atoms with E-state index in [1.165, 1.54) is 10.8 Å². The van der Waals surface area contributed by atoms with Crippen LogP contribution in [0.2, 0.25) is 0 Å². The number of fused-ring (bicyclic) bond motifs is 4. The Labute approximate surface area is 180 Å². The number of benzene rings is 1. The van der Waals surface area contributed by atoms with Gasteiger partial charge in [0, 0.05) is 43.0 Å². The molecule has 0 saturated heterocycles. The highest BCUT2D eigenvalue weighted by atomic mass is 19.1. The zero-order chi connectivity index (χ0) is 23.3. The van der Waals surface area contributed by atoms with Crippen molar-refractivity contribution in [3.05, 3.63) is 75.0 Å². The molecule has 0 radical (unpaired) electrons. The molecule has 10 heteroatoms. The summed E-state index contributed by atoms with van der Waals surface area (Å²) >= 11 is 0. The highest BCUT2D eigenvalue weighted by molar-refractivity contribution is 5.99. The van der Waals surface area contributed by atoms with Crippen molar-refractivity contribution in [2.75, 3.05) is 6.54 Å². The van der Waals surface area contributed by atoms with Crippen LogP contribution in [0.25, 0.3) is 0 Å².